The second-order valence-electron chi connectivity index (χ2n) is 7.00. The molecule has 3 atom stereocenters. The molecule has 3 fully saturated rings. The highest BCUT2D eigenvalue weighted by molar-refractivity contribution is 5.66. The summed E-state index contributed by atoms with van der Waals surface area (Å²) in [5.41, 5.74) is 0. The van der Waals surface area contributed by atoms with E-state index in [0.29, 0.717) is 18.5 Å². The number of fused-ring (bicyclic) bond motifs is 2. The molecule has 0 aromatic rings. The van der Waals surface area contributed by atoms with Crippen LogP contribution in [-0.2, 0) is 4.79 Å². The molecule has 114 valence electrons. The van der Waals surface area contributed by atoms with Crippen molar-refractivity contribution in [2.24, 2.45) is 0 Å². The van der Waals surface area contributed by atoms with Crippen molar-refractivity contribution in [2.75, 3.05) is 13.6 Å². The number of piperidine rings is 2. The summed E-state index contributed by atoms with van der Waals surface area (Å²) in [6, 6.07) is 2.79. The summed E-state index contributed by atoms with van der Waals surface area (Å²) < 4.78 is 0. The maximum Gasteiger partial charge on any atom is 0.303 e. The van der Waals surface area contributed by atoms with Crippen LogP contribution >= 0.6 is 0 Å². The van der Waals surface area contributed by atoms with Gasteiger partial charge in [0.2, 0.25) is 0 Å². The van der Waals surface area contributed by atoms with E-state index in [4.69, 9.17) is 5.11 Å². The Kier molecular flexibility index (Phi) is 4.32. The van der Waals surface area contributed by atoms with Crippen LogP contribution in [0.25, 0.3) is 0 Å². The summed E-state index contributed by atoms with van der Waals surface area (Å²) in [5.74, 6) is -0.640. The Balaban J connectivity index is 1.63. The van der Waals surface area contributed by atoms with Crippen molar-refractivity contribution < 1.29 is 9.90 Å². The molecule has 0 spiro atoms. The molecular formula is C16H28N2O2. The highest BCUT2D eigenvalue weighted by atomic mass is 16.4. The Morgan fingerprint density at radius 3 is 2.45 bits per heavy atom. The largest absolute Gasteiger partial charge is 0.481 e. The van der Waals surface area contributed by atoms with Crippen molar-refractivity contribution in [1.29, 1.82) is 0 Å². The SMILES string of the molecule is CN1C2CCC1CC(N1CCCCC1CCC(=O)O)C2. The summed E-state index contributed by atoms with van der Waals surface area (Å²) in [7, 11) is 2.29. The lowest BCUT2D eigenvalue weighted by Crippen LogP contribution is -2.53. The Hall–Kier alpha value is -0.610. The lowest BCUT2D eigenvalue weighted by Gasteiger charge is -2.46. The van der Waals surface area contributed by atoms with Gasteiger partial charge in [0.05, 0.1) is 0 Å². The van der Waals surface area contributed by atoms with E-state index in [0.717, 1.165) is 18.5 Å². The molecule has 20 heavy (non-hydrogen) atoms. The topological polar surface area (TPSA) is 43.8 Å². The fraction of sp³-hybridized carbons (Fsp3) is 0.938. The van der Waals surface area contributed by atoms with Crippen LogP contribution in [0.1, 0.15) is 57.8 Å². The highest BCUT2D eigenvalue weighted by Gasteiger charge is 2.42. The zero-order valence-corrected chi connectivity index (χ0v) is 12.6. The summed E-state index contributed by atoms with van der Waals surface area (Å²) >= 11 is 0. The highest BCUT2D eigenvalue weighted by Crippen LogP contribution is 2.38. The Morgan fingerprint density at radius 1 is 1.10 bits per heavy atom. The van der Waals surface area contributed by atoms with Gasteiger partial charge in [0, 0.05) is 30.6 Å². The molecule has 3 unspecified atom stereocenters. The molecule has 0 amide bonds. The number of carbonyl (C=O) groups is 1. The monoisotopic (exact) mass is 280 g/mol. The predicted molar refractivity (Wildman–Crippen MR) is 78.8 cm³/mol. The molecule has 0 aromatic heterocycles. The van der Waals surface area contributed by atoms with Gasteiger partial charge in [0.1, 0.15) is 0 Å². The third-order valence-electron chi connectivity index (χ3n) is 5.91. The lowest BCUT2D eigenvalue weighted by molar-refractivity contribution is -0.137. The Morgan fingerprint density at radius 2 is 1.80 bits per heavy atom. The first-order valence-corrected chi connectivity index (χ1v) is 8.34. The van der Waals surface area contributed by atoms with Crippen molar-refractivity contribution in [2.45, 2.75) is 82.0 Å². The van der Waals surface area contributed by atoms with Crippen molar-refractivity contribution in [3.63, 3.8) is 0 Å². The van der Waals surface area contributed by atoms with Crippen LogP contribution in [0.2, 0.25) is 0 Å². The lowest BCUT2D eigenvalue weighted by atomic mass is 9.90. The number of hydrogen-bond acceptors (Lipinski definition) is 3. The summed E-state index contributed by atoms with van der Waals surface area (Å²) in [6.45, 7) is 1.19. The number of rotatable bonds is 4. The molecule has 0 saturated carbocycles. The second kappa shape index (κ2) is 6.02. The van der Waals surface area contributed by atoms with E-state index in [1.54, 1.807) is 0 Å². The second-order valence-corrected chi connectivity index (χ2v) is 7.00. The van der Waals surface area contributed by atoms with Crippen LogP contribution in [0.5, 0.6) is 0 Å². The third kappa shape index (κ3) is 2.86. The van der Waals surface area contributed by atoms with Crippen LogP contribution in [0, 0.1) is 0 Å². The van der Waals surface area contributed by atoms with E-state index in [1.807, 2.05) is 0 Å². The third-order valence-corrected chi connectivity index (χ3v) is 5.91. The van der Waals surface area contributed by atoms with Gasteiger partial charge in [-0.05, 0) is 58.5 Å². The zero-order valence-electron chi connectivity index (χ0n) is 12.6. The van der Waals surface area contributed by atoms with E-state index in [1.165, 1.54) is 51.5 Å². The average molecular weight is 280 g/mol. The number of carboxylic acid groups (broad SMARTS) is 1. The Labute approximate surface area is 122 Å². The fourth-order valence-electron chi connectivity index (χ4n) is 4.76. The normalized spacial score (nSPS) is 39.0. The first-order chi connectivity index (χ1) is 9.65. The Bertz CT molecular complexity index is 346. The molecule has 3 aliphatic rings. The molecule has 3 saturated heterocycles. The predicted octanol–water partition coefficient (Wildman–Crippen LogP) is 2.33. The molecule has 4 heteroatoms. The number of likely N-dealkylation sites (tertiary alicyclic amines) is 1. The van der Waals surface area contributed by atoms with E-state index in [9.17, 15) is 4.79 Å². The maximum absolute atomic E-state index is 10.9. The van der Waals surface area contributed by atoms with Gasteiger partial charge < -0.3 is 10.0 Å². The maximum atomic E-state index is 10.9. The molecule has 3 heterocycles. The van der Waals surface area contributed by atoms with Crippen LogP contribution in [0.4, 0.5) is 0 Å². The molecule has 4 nitrogen and oxygen atoms in total. The minimum atomic E-state index is -0.640. The van der Waals surface area contributed by atoms with Gasteiger partial charge in [-0.1, -0.05) is 6.42 Å². The smallest absolute Gasteiger partial charge is 0.303 e. The van der Waals surface area contributed by atoms with Gasteiger partial charge in [-0.3, -0.25) is 9.69 Å². The van der Waals surface area contributed by atoms with Crippen LogP contribution in [0.15, 0.2) is 0 Å². The minimum Gasteiger partial charge on any atom is -0.481 e. The standard InChI is InChI=1S/C16H28N2O2/c1-17-13-5-6-14(17)11-15(10-13)18-9-3-2-4-12(18)7-8-16(19)20/h12-15H,2-11H2,1H3,(H,19,20). The van der Waals surface area contributed by atoms with Gasteiger partial charge in [-0.15, -0.1) is 0 Å². The van der Waals surface area contributed by atoms with Crippen molar-refractivity contribution in [3.8, 4) is 0 Å². The first-order valence-electron chi connectivity index (χ1n) is 8.34. The number of carboxylic acids is 1. The number of hydrogen-bond donors (Lipinski definition) is 1. The molecule has 2 bridgehead atoms. The average Bonchev–Trinajstić information content (AvgIpc) is 2.67. The van der Waals surface area contributed by atoms with Crippen molar-refractivity contribution in [1.82, 2.24) is 9.80 Å². The van der Waals surface area contributed by atoms with Gasteiger partial charge >= 0.3 is 5.97 Å². The molecule has 0 radical (unpaired) electrons. The van der Waals surface area contributed by atoms with Crippen molar-refractivity contribution in [3.05, 3.63) is 0 Å². The summed E-state index contributed by atoms with van der Waals surface area (Å²) in [4.78, 5) is 16.1. The molecule has 3 rings (SSSR count). The molecule has 1 N–H and O–H groups in total. The minimum absolute atomic E-state index is 0.334. The van der Waals surface area contributed by atoms with Crippen LogP contribution in [-0.4, -0.2) is 58.6 Å². The molecular weight excluding hydrogens is 252 g/mol. The number of aliphatic carboxylic acids is 1. The van der Waals surface area contributed by atoms with Crippen LogP contribution in [0.3, 0.4) is 0 Å². The molecule has 0 aromatic carbocycles. The molecule has 0 aliphatic carbocycles. The van der Waals surface area contributed by atoms with Crippen LogP contribution < -0.4 is 0 Å². The zero-order chi connectivity index (χ0) is 14.1. The van der Waals surface area contributed by atoms with Gasteiger partial charge in [0.15, 0.2) is 0 Å². The number of nitrogens with zero attached hydrogens (tertiary/aromatic N) is 2. The van der Waals surface area contributed by atoms with E-state index in [-0.39, 0.29) is 0 Å². The summed E-state index contributed by atoms with van der Waals surface area (Å²) in [5, 5.41) is 8.94. The van der Waals surface area contributed by atoms with Gasteiger partial charge in [-0.25, -0.2) is 0 Å². The summed E-state index contributed by atoms with van der Waals surface area (Å²) in [6.07, 6.45) is 10.3. The van der Waals surface area contributed by atoms with E-state index < -0.39 is 5.97 Å². The van der Waals surface area contributed by atoms with E-state index in [2.05, 4.69) is 16.8 Å². The van der Waals surface area contributed by atoms with E-state index >= 15 is 0 Å². The van der Waals surface area contributed by atoms with Gasteiger partial charge in [-0.2, -0.15) is 0 Å². The quantitative estimate of drug-likeness (QED) is 0.858. The first kappa shape index (κ1) is 14.3. The van der Waals surface area contributed by atoms with Gasteiger partial charge in [0.25, 0.3) is 0 Å². The van der Waals surface area contributed by atoms with Crippen molar-refractivity contribution >= 4 is 5.97 Å². The fourth-order valence-corrected chi connectivity index (χ4v) is 4.76. The molecule has 3 aliphatic heterocycles.